The maximum absolute atomic E-state index is 12.4. The summed E-state index contributed by atoms with van der Waals surface area (Å²) in [6.45, 7) is 8.01. The molecular formula is C17H20Cl2N2O3. The summed E-state index contributed by atoms with van der Waals surface area (Å²) in [6.07, 6.45) is -0.416. The maximum atomic E-state index is 12.4. The Hall–Kier alpha value is -1.56. The summed E-state index contributed by atoms with van der Waals surface area (Å²) in [6, 6.07) is 5.12. The number of imidazole rings is 1. The Morgan fingerprint density at radius 2 is 2.00 bits per heavy atom. The molecule has 0 amide bonds. The number of esters is 1. The molecule has 1 aromatic heterocycles. The minimum absolute atomic E-state index is 0.278. The van der Waals surface area contributed by atoms with Crippen molar-refractivity contribution in [1.29, 1.82) is 0 Å². The number of carbonyl (C=O) groups excluding carboxylic acids is 1. The van der Waals surface area contributed by atoms with E-state index >= 15 is 0 Å². The minimum atomic E-state index is -0.446. The molecule has 1 atom stereocenters. The zero-order valence-corrected chi connectivity index (χ0v) is 15.6. The lowest BCUT2D eigenvalue weighted by molar-refractivity contribution is 0.0195. The second-order valence-corrected chi connectivity index (χ2v) is 5.98. The fourth-order valence-electron chi connectivity index (χ4n) is 2.52. The zero-order valence-electron chi connectivity index (χ0n) is 14.1. The first-order chi connectivity index (χ1) is 11.4. The van der Waals surface area contributed by atoms with Crippen molar-refractivity contribution in [1.82, 2.24) is 9.55 Å². The van der Waals surface area contributed by atoms with Crippen LogP contribution in [0.15, 0.2) is 18.2 Å². The highest BCUT2D eigenvalue weighted by atomic mass is 35.5. The van der Waals surface area contributed by atoms with Crippen LogP contribution >= 0.6 is 23.2 Å². The number of ether oxygens (including phenoxy) is 2. The summed E-state index contributed by atoms with van der Waals surface area (Å²) in [5.41, 5.74) is 1.53. The van der Waals surface area contributed by atoms with Gasteiger partial charge in [-0.05, 0) is 45.9 Å². The number of aryl methyl sites for hydroxylation is 1. The fourth-order valence-corrected chi connectivity index (χ4v) is 2.89. The summed E-state index contributed by atoms with van der Waals surface area (Å²) in [5, 5.41) is 1.02. The van der Waals surface area contributed by atoms with E-state index in [1.807, 2.05) is 13.8 Å². The number of hydrogen-bond acceptors (Lipinski definition) is 4. The molecule has 0 fully saturated rings. The lowest BCUT2D eigenvalue weighted by Gasteiger charge is -2.19. The van der Waals surface area contributed by atoms with Crippen molar-refractivity contribution in [2.45, 2.75) is 33.9 Å². The topological polar surface area (TPSA) is 53.3 Å². The first-order valence-electron chi connectivity index (χ1n) is 7.73. The van der Waals surface area contributed by atoms with Crippen molar-refractivity contribution in [3.63, 3.8) is 0 Å². The van der Waals surface area contributed by atoms with Crippen molar-refractivity contribution >= 4 is 29.2 Å². The quantitative estimate of drug-likeness (QED) is 0.678. The fraction of sp³-hybridized carbons (Fsp3) is 0.412. The van der Waals surface area contributed by atoms with E-state index in [2.05, 4.69) is 4.98 Å². The molecule has 1 aromatic carbocycles. The second kappa shape index (κ2) is 8.01. The Labute approximate surface area is 151 Å². The zero-order chi connectivity index (χ0) is 17.9. The molecule has 0 radical (unpaired) electrons. The van der Waals surface area contributed by atoms with Gasteiger partial charge >= 0.3 is 5.97 Å². The monoisotopic (exact) mass is 370 g/mol. The third-order valence-corrected chi connectivity index (χ3v) is 4.06. The lowest BCUT2D eigenvalue weighted by Crippen LogP contribution is -2.19. The van der Waals surface area contributed by atoms with Crippen LogP contribution in [0.2, 0.25) is 10.0 Å². The predicted molar refractivity (Wildman–Crippen MR) is 94.7 cm³/mol. The molecule has 2 rings (SSSR count). The van der Waals surface area contributed by atoms with Gasteiger partial charge in [-0.3, -0.25) is 4.57 Å². The Bertz CT molecular complexity index is 744. The van der Waals surface area contributed by atoms with Crippen LogP contribution in [0.1, 0.15) is 43.2 Å². The van der Waals surface area contributed by atoms with E-state index in [1.165, 1.54) is 0 Å². The van der Waals surface area contributed by atoms with Crippen LogP contribution in [0.4, 0.5) is 0 Å². The molecule has 0 aliphatic rings. The molecule has 5 nitrogen and oxygen atoms in total. The first-order valence-corrected chi connectivity index (χ1v) is 8.49. The van der Waals surface area contributed by atoms with Gasteiger partial charge in [0.1, 0.15) is 12.1 Å². The minimum Gasteiger partial charge on any atom is -0.461 e. The number of aromatic nitrogens is 2. The van der Waals surface area contributed by atoms with Crippen LogP contribution in [0, 0.1) is 6.92 Å². The molecule has 0 saturated heterocycles. The van der Waals surface area contributed by atoms with Crippen molar-refractivity contribution in [2.75, 3.05) is 13.2 Å². The SMILES string of the molecule is CCOC(=O)c1c(C)nc(-c2cc(Cl)ccc2Cl)n1C(C)OCC. The number of rotatable bonds is 6. The number of hydrogen-bond donors (Lipinski definition) is 0. The highest BCUT2D eigenvalue weighted by molar-refractivity contribution is 6.35. The van der Waals surface area contributed by atoms with E-state index in [-0.39, 0.29) is 6.61 Å². The van der Waals surface area contributed by atoms with Crippen LogP contribution in [-0.4, -0.2) is 28.7 Å². The number of carbonyl (C=O) groups is 1. The van der Waals surface area contributed by atoms with E-state index in [1.54, 1.807) is 36.6 Å². The standard InChI is InChI=1S/C17H20Cl2N2O3/c1-5-23-11(4)21-15(17(22)24-6-2)10(3)20-16(21)13-9-12(18)7-8-14(13)19/h7-9,11H,5-6H2,1-4H3. The van der Waals surface area contributed by atoms with E-state index < -0.39 is 12.2 Å². The smallest absolute Gasteiger partial charge is 0.356 e. The molecule has 0 spiro atoms. The third kappa shape index (κ3) is 3.74. The van der Waals surface area contributed by atoms with Gasteiger partial charge in [0.15, 0.2) is 5.69 Å². The highest BCUT2D eigenvalue weighted by Gasteiger charge is 2.27. The summed E-state index contributed by atoms with van der Waals surface area (Å²) in [5.74, 6) is 0.0717. The maximum Gasteiger partial charge on any atom is 0.356 e. The van der Waals surface area contributed by atoms with Crippen LogP contribution in [0.5, 0.6) is 0 Å². The molecule has 1 heterocycles. The van der Waals surface area contributed by atoms with Gasteiger partial charge in [-0.25, -0.2) is 9.78 Å². The Morgan fingerprint density at radius 1 is 1.29 bits per heavy atom. The number of halogens is 2. The van der Waals surface area contributed by atoms with E-state index in [9.17, 15) is 4.79 Å². The molecule has 0 bridgehead atoms. The molecule has 0 aliphatic heterocycles. The van der Waals surface area contributed by atoms with Crippen molar-refractivity contribution in [2.24, 2.45) is 0 Å². The second-order valence-electron chi connectivity index (χ2n) is 5.14. The van der Waals surface area contributed by atoms with Gasteiger partial charge in [0.05, 0.1) is 17.3 Å². The summed E-state index contributed by atoms with van der Waals surface area (Å²) in [7, 11) is 0. The Kier molecular flexibility index (Phi) is 6.27. The van der Waals surface area contributed by atoms with Crippen LogP contribution < -0.4 is 0 Å². The van der Waals surface area contributed by atoms with E-state index in [0.29, 0.717) is 39.4 Å². The van der Waals surface area contributed by atoms with Gasteiger partial charge < -0.3 is 9.47 Å². The van der Waals surface area contributed by atoms with E-state index in [0.717, 1.165) is 0 Å². The molecular weight excluding hydrogens is 351 g/mol. The van der Waals surface area contributed by atoms with Gasteiger partial charge in [0.25, 0.3) is 0 Å². The lowest BCUT2D eigenvalue weighted by atomic mass is 10.2. The van der Waals surface area contributed by atoms with Crippen LogP contribution in [0.3, 0.4) is 0 Å². The molecule has 24 heavy (non-hydrogen) atoms. The normalized spacial score (nSPS) is 12.2. The molecule has 0 aliphatic carbocycles. The number of nitrogens with zero attached hydrogens (tertiary/aromatic N) is 2. The predicted octanol–water partition coefficient (Wildman–Crippen LogP) is 4.90. The van der Waals surface area contributed by atoms with Crippen molar-refractivity contribution in [3.8, 4) is 11.4 Å². The van der Waals surface area contributed by atoms with Gasteiger partial charge in [-0.2, -0.15) is 0 Å². The van der Waals surface area contributed by atoms with Crippen LogP contribution in [-0.2, 0) is 9.47 Å². The molecule has 7 heteroatoms. The summed E-state index contributed by atoms with van der Waals surface area (Å²) < 4.78 is 12.6. The first kappa shape index (κ1) is 18.8. The van der Waals surface area contributed by atoms with Crippen molar-refractivity contribution < 1.29 is 14.3 Å². The van der Waals surface area contributed by atoms with Gasteiger partial charge in [-0.15, -0.1) is 0 Å². The molecule has 2 aromatic rings. The average molecular weight is 371 g/mol. The van der Waals surface area contributed by atoms with Crippen molar-refractivity contribution in [3.05, 3.63) is 39.6 Å². The molecule has 130 valence electrons. The van der Waals surface area contributed by atoms with Crippen LogP contribution in [0.25, 0.3) is 11.4 Å². The molecule has 0 saturated carbocycles. The van der Waals surface area contributed by atoms with Gasteiger partial charge in [-0.1, -0.05) is 23.2 Å². The Morgan fingerprint density at radius 3 is 2.62 bits per heavy atom. The molecule has 0 N–H and O–H groups in total. The largest absolute Gasteiger partial charge is 0.461 e. The van der Waals surface area contributed by atoms with Gasteiger partial charge in [0.2, 0.25) is 0 Å². The Balaban J connectivity index is 2.69. The van der Waals surface area contributed by atoms with E-state index in [4.69, 9.17) is 32.7 Å². The average Bonchev–Trinajstić information content (AvgIpc) is 2.87. The van der Waals surface area contributed by atoms with Gasteiger partial charge in [0, 0.05) is 17.2 Å². The summed E-state index contributed by atoms with van der Waals surface area (Å²) >= 11 is 12.4. The highest BCUT2D eigenvalue weighted by Crippen LogP contribution is 2.33. The third-order valence-electron chi connectivity index (χ3n) is 3.49. The summed E-state index contributed by atoms with van der Waals surface area (Å²) in [4.78, 5) is 16.9. The molecule has 1 unspecified atom stereocenters. The number of benzene rings is 1.